The molecule has 0 radical (unpaired) electrons. The highest BCUT2D eigenvalue weighted by atomic mass is 127. The fourth-order valence-corrected chi connectivity index (χ4v) is 6.24. The average Bonchev–Trinajstić information content (AvgIpc) is 3.28. The molecule has 0 aromatic heterocycles. The van der Waals surface area contributed by atoms with E-state index in [0.717, 1.165) is 18.2 Å². The van der Waals surface area contributed by atoms with Gasteiger partial charge in [-0.05, 0) is 54.9 Å². The summed E-state index contributed by atoms with van der Waals surface area (Å²) >= 11 is 1.74. The molecule has 1 aliphatic rings. The van der Waals surface area contributed by atoms with Crippen LogP contribution in [0.25, 0.3) is 43.4 Å². The number of non-ortho nitro benzene ring substituents is 2. The van der Waals surface area contributed by atoms with Crippen LogP contribution in [0.4, 0.5) is 17.1 Å². The molecule has 6 aromatic rings. The maximum absolute atomic E-state index is 12.5. The second kappa shape index (κ2) is 10.3. The zero-order valence-corrected chi connectivity index (χ0v) is 23.5. The third-order valence-electron chi connectivity index (χ3n) is 7.17. The molecule has 0 N–H and O–H groups in total. The Bertz CT molecular complexity index is 2110. The molecule has 0 saturated carbocycles. The van der Waals surface area contributed by atoms with Crippen molar-refractivity contribution in [1.29, 1.82) is 0 Å². The van der Waals surface area contributed by atoms with Crippen LogP contribution in [0.1, 0.15) is 15.9 Å². The summed E-state index contributed by atoms with van der Waals surface area (Å²) in [7, 11) is 0. The Morgan fingerprint density at radius 2 is 1.02 bits per heavy atom. The van der Waals surface area contributed by atoms with Crippen molar-refractivity contribution >= 4 is 77.8 Å². The van der Waals surface area contributed by atoms with E-state index in [9.17, 15) is 35.1 Å². The van der Waals surface area contributed by atoms with Crippen LogP contribution in [0.15, 0.2) is 97.1 Å². The predicted molar refractivity (Wildman–Crippen MR) is 167 cm³/mol. The van der Waals surface area contributed by atoms with E-state index in [-0.39, 0.29) is 31.5 Å². The van der Waals surface area contributed by atoms with Gasteiger partial charge in [0.05, 0.1) is 26.4 Å². The van der Waals surface area contributed by atoms with Crippen molar-refractivity contribution in [2.75, 3.05) is 0 Å². The lowest BCUT2D eigenvalue weighted by Gasteiger charge is -2.07. The maximum atomic E-state index is 12.5. The molecule has 6 aromatic carbocycles. The lowest BCUT2D eigenvalue weighted by atomic mass is 9.97. The van der Waals surface area contributed by atoms with E-state index in [1.807, 2.05) is 0 Å². The van der Waals surface area contributed by atoms with E-state index in [1.54, 1.807) is 22.6 Å². The van der Waals surface area contributed by atoms with Crippen molar-refractivity contribution in [1.82, 2.24) is 0 Å². The van der Waals surface area contributed by atoms with Gasteiger partial charge in [-0.1, -0.05) is 72.8 Å². The van der Waals surface area contributed by atoms with Gasteiger partial charge < -0.3 is 0 Å². The maximum Gasteiger partial charge on any atom is 0.284 e. The molecular weight excluding hydrogens is 653 g/mol. The van der Waals surface area contributed by atoms with Gasteiger partial charge in [-0.15, -0.1) is 0 Å². The summed E-state index contributed by atoms with van der Waals surface area (Å²) in [5.74, 6) is -0.714. The molecule has 1 aliphatic carbocycles. The van der Waals surface area contributed by atoms with Crippen LogP contribution in [-0.2, 0) is 0 Å². The highest BCUT2D eigenvalue weighted by Gasteiger charge is 2.38. The number of carbonyl (C=O) groups excluding carboxylic acids is 1. The molecular formula is C31H16IN3O7. The topological polar surface area (TPSA) is 146 Å². The van der Waals surface area contributed by atoms with Gasteiger partial charge in [0, 0.05) is 38.5 Å². The lowest BCUT2D eigenvalue weighted by Crippen LogP contribution is -2.00. The fourth-order valence-electron chi connectivity index (χ4n) is 5.36. The smallest absolute Gasteiger partial charge is 0.284 e. The number of nitro groups is 3. The van der Waals surface area contributed by atoms with Gasteiger partial charge in [-0.3, -0.25) is 35.1 Å². The number of benzene rings is 6. The summed E-state index contributed by atoms with van der Waals surface area (Å²) in [5, 5.41) is 41.2. The Hall–Kier alpha value is -5.30. The van der Waals surface area contributed by atoms with Gasteiger partial charge in [0.15, 0.2) is 5.78 Å². The van der Waals surface area contributed by atoms with Crippen molar-refractivity contribution in [2.24, 2.45) is 0 Å². The highest BCUT2D eigenvalue weighted by Crippen LogP contribution is 2.47. The number of carbonyl (C=O) groups is 1. The molecule has 7 rings (SSSR count). The molecule has 0 fully saturated rings. The number of nitro benzene ring substituents is 3. The second-order valence-electron chi connectivity index (χ2n) is 9.51. The summed E-state index contributed by atoms with van der Waals surface area (Å²) in [4.78, 5) is 43.3. The summed E-state index contributed by atoms with van der Waals surface area (Å²) in [6, 6.07) is 30.0. The first-order valence-electron chi connectivity index (χ1n) is 12.4. The number of nitrogens with zero attached hydrogens (tertiary/aromatic N) is 3. The predicted octanol–water partition coefficient (Wildman–Crippen LogP) is 8.37. The zero-order chi connectivity index (χ0) is 29.7. The summed E-state index contributed by atoms with van der Waals surface area (Å²) in [6.45, 7) is 0. The van der Waals surface area contributed by atoms with E-state index in [0.29, 0.717) is 0 Å². The molecule has 0 aliphatic heterocycles. The molecule has 0 atom stereocenters. The van der Waals surface area contributed by atoms with Gasteiger partial charge in [-0.25, -0.2) is 0 Å². The quantitative estimate of drug-likeness (QED) is 0.0795. The molecule has 204 valence electrons. The monoisotopic (exact) mass is 669 g/mol. The summed E-state index contributed by atoms with van der Waals surface area (Å²) in [6.07, 6.45) is 0. The van der Waals surface area contributed by atoms with Crippen molar-refractivity contribution in [3.8, 4) is 11.1 Å². The van der Waals surface area contributed by atoms with Gasteiger partial charge in [-0.2, -0.15) is 0 Å². The number of ketones is 1. The normalized spacial score (nSPS) is 11.6. The van der Waals surface area contributed by atoms with E-state index in [1.165, 1.54) is 38.4 Å². The van der Waals surface area contributed by atoms with Crippen LogP contribution in [-0.4, -0.2) is 20.6 Å². The van der Waals surface area contributed by atoms with Gasteiger partial charge >= 0.3 is 0 Å². The fraction of sp³-hybridized carbons (Fsp3) is 0. The average molecular weight is 669 g/mol. The molecule has 10 nitrogen and oxygen atoms in total. The minimum absolute atomic E-state index is 0.0510. The SMILES string of the molecule is O=C1c2cc([N+](=O)[O-])cc(I)c2-c2c1cc([N+](=O)[O-])cc2[N+](=O)[O-].c1ccc2c(c1)ccc1ccc3ccccc3c12. The number of halogens is 1. The van der Waals surface area contributed by atoms with Crippen LogP contribution in [0, 0.1) is 33.9 Å². The van der Waals surface area contributed by atoms with Crippen LogP contribution >= 0.6 is 22.6 Å². The summed E-state index contributed by atoms with van der Waals surface area (Å²) < 4.78 is 0.279. The Labute approximate surface area is 249 Å². The van der Waals surface area contributed by atoms with Crippen molar-refractivity contribution in [3.05, 3.63) is 142 Å². The highest BCUT2D eigenvalue weighted by molar-refractivity contribution is 14.1. The van der Waals surface area contributed by atoms with Crippen LogP contribution < -0.4 is 0 Å². The first kappa shape index (κ1) is 26.9. The van der Waals surface area contributed by atoms with E-state index in [2.05, 4.69) is 72.8 Å². The molecule has 0 bridgehead atoms. The molecule has 0 spiro atoms. The molecule has 42 heavy (non-hydrogen) atoms. The third-order valence-corrected chi connectivity index (χ3v) is 8.02. The first-order chi connectivity index (χ1) is 20.2. The standard InChI is InChI=1S/C18H12.C13H4IN3O7/c1-3-7-16-13(5-1)9-11-15-12-10-14-6-2-4-8-17(14)18(15)16;14-9-3-5(15(19)20)1-7-11(9)12-8(13(7)18)2-6(16(21)22)4-10(12)17(23)24/h1-12H;1-4H. The number of hydrogen-bond donors (Lipinski definition) is 0. The van der Waals surface area contributed by atoms with Gasteiger partial charge in [0.25, 0.3) is 17.1 Å². The minimum Gasteiger partial charge on any atom is -0.289 e. The summed E-state index contributed by atoms with van der Waals surface area (Å²) in [5.41, 5.74) is -1.66. The molecule has 0 unspecified atom stereocenters. The van der Waals surface area contributed by atoms with Crippen LogP contribution in [0.3, 0.4) is 0 Å². The second-order valence-corrected chi connectivity index (χ2v) is 10.7. The Balaban J connectivity index is 0.000000156. The minimum atomic E-state index is -0.836. The zero-order valence-electron chi connectivity index (χ0n) is 21.3. The van der Waals surface area contributed by atoms with Gasteiger partial charge in [0.1, 0.15) is 0 Å². The Kier molecular flexibility index (Phi) is 6.58. The molecule has 0 amide bonds. The lowest BCUT2D eigenvalue weighted by molar-refractivity contribution is -0.393. The van der Waals surface area contributed by atoms with Crippen molar-refractivity contribution in [2.45, 2.75) is 0 Å². The molecule has 0 heterocycles. The number of hydrogen-bond acceptors (Lipinski definition) is 7. The number of rotatable bonds is 3. The van der Waals surface area contributed by atoms with Gasteiger partial charge in [0.2, 0.25) is 0 Å². The van der Waals surface area contributed by atoms with E-state index < -0.39 is 31.9 Å². The Morgan fingerprint density at radius 1 is 0.548 bits per heavy atom. The Morgan fingerprint density at radius 3 is 1.55 bits per heavy atom. The van der Waals surface area contributed by atoms with Crippen molar-refractivity contribution < 1.29 is 19.6 Å². The number of fused-ring (bicyclic) bond motifs is 8. The van der Waals surface area contributed by atoms with E-state index in [4.69, 9.17) is 0 Å². The molecule has 11 heteroatoms. The third kappa shape index (κ3) is 4.39. The van der Waals surface area contributed by atoms with Crippen LogP contribution in [0.5, 0.6) is 0 Å². The van der Waals surface area contributed by atoms with E-state index >= 15 is 0 Å². The molecule has 0 saturated heterocycles. The van der Waals surface area contributed by atoms with Crippen LogP contribution in [0.2, 0.25) is 0 Å². The van der Waals surface area contributed by atoms with Crippen molar-refractivity contribution in [3.63, 3.8) is 0 Å². The first-order valence-corrected chi connectivity index (χ1v) is 13.5. The largest absolute Gasteiger partial charge is 0.289 e.